The zero-order valence-electron chi connectivity index (χ0n) is 24.4. The molecule has 6 aromatic rings. The van der Waals surface area contributed by atoms with E-state index in [1.165, 1.54) is 27.5 Å². The average Bonchev–Trinajstić information content (AvgIpc) is 3.60. The van der Waals surface area contributed by atoms with Crippen molar-refractivity contribution >= 4 is 31.9 Å². The first-order valence-corrected chi connectivity index (χ1v) is 17.0. The lowest BCUT2D eigenvalue weighted by Crippen LogP contribution is -2.51. The maximum atomic E-state index is 4.34. The number of allylic oxidation sites excluding steroid dienone is 1. The molecule has 5 aromatic carbocycles. The Bertz CT molecular complexity index is 1490. The molecule has 1 aromatic heterocycles. The molecule has 0 amide bonds. The zero-order valence-corrected chi connectivity index (χ0v) is 25.5. The second kappa shape index (κ2) is 14.3. The van der Waals surface area contributed by atoms with Gasteiger partial charge in [0.05, 0.1) is 20.3 Å². The van der Waals surface area contributed by atoms with E-state index in [9.17, 15) is 0 Å². The third kappa shape index (κ3) is 6.30. The number of rotatable bonds is 8. The van der Waals surface area contributed by atoms with Gasteiger partial charge in [-0.25, -0.2) is 4.98 Å². The van der Waals surface area contributed by atoms with Crippen LogP contribution in [0.5, 0.6) is 0 Å². The Morgan fingerprint density at radius 2 is 0.976 bits per heavy atom. The molecule has 1 heterocycles. The predicted molar refractivity (Wildman–Crippen MR) is 183 cm³/mol. The van der Waals surface area contributed by atoms with Crippen LogP contribution in [0.2, 0.25) is 6.55 Å². The van der Waals surface area contributed by atoms with Crippen LogP contribution in [0.1, 0.15) is 18.1 Å². The van der Waals surface area contributed by atoms with Crippen molar-refractivity contribution in [2.45, 2.75) is 18.6 Å². The van der Waals surface area contributed by atoms with E-state index in [1.807, 2.05) is 12.5 Å². The number of benzene rings is 5. The van der Waals surface area contributed by atoms with E-state index in [-0.39, 0.29) is 5.16 Å². The van der Waals surface area contributed by atoms with Gasteiger partial charge in [-0.15, -0.1) is 0 Å². The number of aromatic nitrogens is 2. The Morgan fingerprint density at radius 3 is 1.31 bits per heavy atom. The summed E-state index contributed by atoms with van der Waals surface area (Å²) in [6, 6.07) is 53.6. The first-order valence-electron chi connectivity index (χ1n) is 14.6. The van der Waals surface area contributed by atoms with Gasteiger partial charge in [0.25, 0.3) is 0 Å². The standard InChI is InChI=1S/C20H22N2Si.C18H15B/c1-3-16-23(2)20(22-15-14-21-17-22,18-10-6-4-7-11-18)19-12-8-5-9-13-19;1-4-10-16(11-5-1)19(17-12-6-2-7-13-17)18-14-8-3-9-15-18/h3-17,23H,1-2H3;1-15H. The van der Waals surface area contributed by atoms with Gasteiger partial charge < -0.3 is 4.57 Å². The molecule has 0 spiro atoms. The minimum Gasteiger partial charge on any atom is -0.326 e. The molecule has 0 aliphatic heterocycles. The van der Waals surface area contributed by atoms with Crippen molar-refractivity contribution < 1.29 is 0 Å². The highest BCUT2D eigenvalue weighted by Crippen LogP contribution is 2.37. The van der Waals surface area contributed by atoms with Crippen molar-refractivity contribution in [1.29, 1.82) is 0 Å². The van der Waals surface area contributed by atoms with Crippen LogP contribution >= 0.6 is 0 Å². The van der Waals surface area contributed by atoms with Gasteiger partial charge in [-0.05, 0) is 18.1 Å². The first kappa shape index (κ1) is 28.8. The van der Waals surface area contributed by atoms with E-state index in [0.29, 0.717) is 6.71 Å². The lowest BCUT2D eigenvalue weighted by molar-refractivity contribution is 0.587. The van der Waals surface area contributed by atoms with E-state index >= 15 is 0 Å². The van der Waals surface area contributed by atoms with Gasteiger partial charge in [-0.1, -0.05) is 186 Å². The van der Waals surface area contributed by atoms with Crippen LogP contribution < -0.4 is 16.4 Å². The molecular weight excluding hydrogens is 523 g/mol. The highest BCUT2D eigenvalue weighted by atomic mass is 28.3. The molecule has 1 atom stereocenters. The quantitative estimate of drug-likeness (QED) is 0.197. The SMILES string of the molecule is CC=C[SiH](C)C(c1ccccc1)(c1ccccc1)n1ccnc1.c1ccc(B(c2ccccc2)c2ccccc2)cc1. The predicted octanol–water partition coefficient (Wildman–Crippen LogP) is 6.39. The van der Waals surface area contributed by atoms with E-state index in [4.69, 9.17) is 0 Å². The maximum Gasteiger partial charge on any atom is 0.241 e. The zero-order chi connectivity index (χ0) is 29.0. The topological polar surface area (TPSA) is 17.8 Å². The number of nitrogens with zero attached hydrogens (tertiary/aromatic N) is 2. The summed E-state index contributed by atoms with van der Waals surface area (Å²) in [7, 11) is -1.36. The molecule has 6 rings (SSSR count). The monoisotopic (exact) mass is 560 g/mol. The number of imidazole rings is 1. The van der Waals surface area contributed by atoms with E-state index in [2.05, 4.69) is 193 Å². The third-order valence-electron chi connectivity index (χ3n) is 7.88. The average molecular weight is 561 g/mol. The summed E-state index contributed by atoms with van der Waals surface area (Å²) < 4.78 is 2.29. The van der Waals surface area contributed by atoms with Gasteiger partial charge in [0.2, 0.25) is 6.71 Å². The van der Waals surface area contributed by atoms with Gasteiger partial charge in [0.1, 0.15) is 0 Å². The van der Waals surface area contributed by atoms with Crippen LogP contribution in [-0.2, 0) is 5.16 Å². The van der Waals surface area contributed by atoms with Crippen molar-refractivity contribution in [2.75, 3.05) is 0 Å². The van der Waals surface area contributed by atoms with Crippen LogP contribution in [0, 0.1) is 0 Å². The largest absolute Gasteiger partial charge is 0.326 e. The normalized spacial score (nSPS) is 11.9. The minimum absolute atomic E-state index is 0.175. The molecule has 0 bridgehead atoms. The Kier molecular flexibility index (Phi) is 9.82. The molecule has 0 aliphatic carbocycles. The summed E-state index contributed by atoms with van der Waals surface area (Å²) in [6.07, 6.45) is 8.10. The molecule has 0 radical (unpaired) electrons. The van der Waals surface area contributed by atoms with Crippen LogP contribution in [0.3, 0.4) is 0 Å². The highest BCUT2D eigenvalue weighted by Gasteiger charge is 2.40. The summed E-state index contributed by atoms with van der Waals surface area (Å²) >= 11 is 0. The Labute approximate surface area is 252 Å². The molecule has 0 fully saturated rings. The van der Waals surface area contributed by atoms with Gasteiger partial charge in [0, 0.05) is 12.4 Å². The summed E-state index contributed by atoms with van der Waals surface area (Å²) in [5.74, 6) is 0. The second-order valence-electron chi connectivity index (χ2n) is 10.4. The lowest BCUT2D eigenvalue weighted by Gasteiger charge is -2.40. The Balaban J connectivity index is 0.000000171. The summed E-state index contributed by atoms with van der Waals surface area (Å²) in [6.45, 7) is 4.82. The summed E-state index contributed by atoms with van der Waals surface area (Å²) in [4.78, 5) is 4.34. The molecule has 1 unspecified atom stereocenters. The molecule has 42 heavy (non-hydrogen) atoms. The molecule has 0 saturated carbocycles. The van der Waals surface area contributed by atoms with Crippen LogP contribution in [-0.4, -0.2) is 25.1 Å². The van der Waals surface area contributed by atoms with Gasteiger partial charge >= 0.3 is 0 Å². The van der Waals surface area contributed by atoms with Gasteiger partial charge in [0.15, 0.2) is 0 Å². The fraction of sp³-hybridized carbons (Fsp3) is 0.0789. The molecule has 4 heteroatoms. The molecule has 206 valence electrons. The van der Waals surface area contributed by atoms with Gasteiger partial charge in [-0.3, -0.25) is 0 Å². The fourth-order valence-corrected chi connectivity index (χ4v) is 8.94. The second-order valence-corrected chi connectivity index (χ2v) is 13.2. The molecule has 0 N–H and O–H groups in total. The van der Waals surface area contributed by atoms with E-state index in [0.717, 1.165) is 0 Å². The smallest absolute Gasteiger partial charge is 0.241 e. The summed E-state index contributed by atoms with van der Waals surface area (Å²) in [5.41, 5.74) is 9.04. The lowest BCUT2D eigenvalue weighted by atomic mass is 9.37. The van der Waals surface area contributed by atoms with Crippen LogP contribution in [0.4, 0.5) is 0 Å². The Morgan fingerprint density at radius 1 is 0.595 bits per heavy atom. The minimum atomic E-state index is -1.36. The van der Waals surface area contributed by atoms with E-state index in [1.54, 1.807) is 0 Å². The third-order valence-corrected chi connectivity index (χ3v) is 11.1. The van der Waals surface area contributed by atoms with Crippen molar-refractivity contribution in [3.05, 3.63) is 193 Å². The van der Waals surface area contributed by atoms with E-state index < -0.39 is 8.80 Å². The number of hydrogen-bond acceptors (Lipinski definition) is 1. The number of hydrogen-bond donors (Lipinski definition) is 0. The van der Waals surface area contributed by atoms with Crippen molar-refractivity contribution in [2.24, 2.45) is 0 Å². The molecule has 2 nitrogen and oxygen atoms in total. The molecule has 0 saturated heterocycles. The van der Waals surface area contributed by atoms with Crippen molar-refractivity contribution in [1.82, 2.24) is 9.55 Å². The maximum absolute atomic E-state index is 4.34. The van der Waals surface area contributed by atoms with Crippen molar-refractivity contribution in [3.63, 3.8) is 0 Å². The molecular formula is C38H37BN2Si. The van der Waals surface area contributed by atoms with Crippen LogP contribution in [0.15, 0.2) is 182 Å². The summed E-state index contributed by atoms with van der Waals surface area (Å²) in [5, 5.41) is -0.175. The highest BCUT2D eigenvalue weighted by molar-refractivity contribution is 6.95. The first-order chi connectivity index (χ1) is 20.7. The van der Waals surface area contributed by atoms with Gasteiger partial charge in [-0.2, -0.15) is 0 Å². The van der Waals surface area contributed by atoms with Crippen LogP contribution in [0.25, 0.3) is 0 Å². The van der Waals surface area contributed by atoms with Crippen molar-refractivity contribution in [3.8, 4) is 0 Å². The fourth-order valence-electron chi connectivity index (χ4n) is 6.02. The molecule has 0 aliphatic rings. The Hall–Kier alpha value is -4.67.